The fraction of sp³-hybridized carbons (Fsp3) is 0.933. The molecule has 18 heavy (non-hydrogen) atoms. The molecule has 1 heterocycles. The Balaban J connectivity index is 0.00000289. The summed E-state index contributed by atoms with van der Waals surface area (Å²) >= 11 is 2.03. The molecule has 0 aromatic heterocycles. The Morgan fingerprint density at radius 1 is 1.06 bits per heavy atom. The molecule has 0 aromatic rings. The maximum absolute atomic E-state index is 2.60. The van der Waals surface area contributed by atoms with Gasteiger partial charge in [0.05, 0.1) is 5.75 Å². The van der Waals surface area contributed by atoms with Crippen LogP contribution in [0.15, 0.2) is 0 Å². The minimum absolute atomic E-state index is 0. The molecule has 1 nitrogen and oxygen atoms in total. The second kappa shape index (κ2) is 11.6. The predicted molar refractivity (Wildman–Crippen MR) is 80.3 cm³/mol. The molecule has 0 radical (unpaired) electrons. The van der Waals surface area contributed by atoms with Crippen molar-refractivity contribution < 1.29 is 28.6 Å². The zero-order valence-corrected chi connectivity index (χ0v) is 15.4. The standard InChI is InChI=1S/C15H30NS.HI/c1-4-5-6-7-8-9-10-11-12-16-14(2)13-17-15(16)3;/h14H,4-13H2,1-3H3;1H/q+1;/p-1. The van der Waals surface area contributed by atoms with Crippen molar-refractivity contribution in [3.63, 3.8) is 0 Å². The summed E-state index contributed by atoms with van der Waals surface area (Å²) in [6.07, 6.45) is 11.4. The third-order valence-corrected chi connectivity index (χ3v) is 5.02. The monoisotopic (exact) mass is 383 g/mol. The fourth-order valence-corrected chi connectivity index (χ4v) is 3.62. The van der Waals surface area contributed by atoms with E-state index in [1.165, 1.54) is 63.7 Å². The van der Waals surface area contributed by atoms with Gasteiger partial charge < -0.3 is 24.0 Å². The third kappa shape index (κ3) is 7.37. The molecule has 1 rings (SSSR count). The van der Waals surface area contributed by atoms with Crippen molar-refractivity contribution in [2.75, 3.05) is 12.3 Å². The molecule has 0 aromatic carbocycles. The van der Waals surface area contributed by atoms with Crippen molar-refractivity contribution in [3.05, 3.63) is 0 Å². The van der Waals surface area contributed by atoms with E-state index in [-0.39, 0.29) is 24.0 Å². The van der Waals surface area contributed by atoms with Crippen LogP contribution in [-0.4, -0.2) is 28.0 Å². The molecule has 0 saturated carbocycles. The van der Waals surface area contributed by atoms with E-state index < -0.39 is 0 Å². The summed E-state index contributed by atoms with van der Waals surface area (Å²) in [5.74, 6) is 1.29. The van der Waals surface area contributed by atoms with Gasteiger partial charge in [0.15, 0.2) is 6.04 Å². The first-order chi connectivity index (χ1) is 8.25. The highest BCUT2D eigenvalue weighted by molar-refractivity contribution is 8.13. The van der Waals surface area contributed by atoms with E-state index in [2.05, 4.69) is 25.3 Å². The number of nitrogens with zero attached hydrogens (tertiary/aromatic N) is 1. The lowest BCUT2D eigenvalue weighted by atomic mass is 10.1. The maximum Gasteiger partial charge on any atom is 0.207 e. The number of halogens is 1. The minimum atomic E-state index is 0. The van der Waals surface area contributed by atoms with E-state index in [1.54, 1.807) is 5.04 Å². The second-order valence-corrected chi connectivity index (χ2v) is 6.56. The summed E-state index contributed by atoms with van der Waals surface area (Å²) in [6.45, 7) is 8.20. The molecule has 0 aliphatic carbocycles. The largest absolute Gasteiger partial charge is 1.00 e. The average molecular weight is 383 g/mol. The van der Waals surface area contributed by atoms with Crippen LogP contribution in [0.5, 0.6) is 0 Å². The van der Waals surface area contributed by atoms with Crippen LogP contribution in [0, 0.1) is 0 Å². The summed E-state index contributed by atoms with van der Waals surface area (Å²) in [5.41, 5.74) is 0. The molecule has 0 bridgehead atoms. The van der Waals surface area contributed by atoms with Gasteiger partial charge >= 0.3 is 0 Å². The number of unbranched alkanes of at least 4 members (excludes halogenated alkanes) is 7. The quantitative estimate of drug-likeness (QED) is 0.333. The average Bonchev–Trinajstić information content (AvgIpc) is 2.63. The molecular formula is C15H30INS. The normalized spacial score (nSPS) is 19.2. The molecule has 1 aliphatic heterocycles. The highest BCUT2D eigenvalue weighted by Gasteiger charge is 2.26. The molecule has 1 unspecified atom stereocenters. The SMILES string of the molecule is CCCCCCCCCC[N+]1=C(C)SCC1C.[I-]. The van der Waals surface area contributed by atoms with Gasteiger partial charge in [-0.05, 0) is 13.3 Å². The molecule has 0 spiro atoms. The second-order valence-electron chi connectivity index (χ2n) is 5.35. The lowest BCUT2D eigenvalue weighted by Gasteiger charge is -2.05. The smallest absolute Gasteiger partial charge is 0.207 e. The van der Waals surface area contributed by atoms with E-state index in [4.69, 9.17) is 0 Å². The molecule has 1 atom stereocenters. The Bertz CT molecular complexity index is 241. The Hall–Kier alpha value is 0.750. The number of hydrogen-bond donors (Lipinski definition) is 0. The van der Waals surface area contributed by atoms with Crippen LogP contribution in [0.3, 0.4) is 0 Å². The van der Waals surface area contributed by atoms with Crippen molar-refractivity contribution >= 4 is 16.8 Å². The van der Waals surface area contributed by atoms with E-state index in [0.29, 0.717) is 0 Å². The summed E-state index contributed by atoms with van der Waals surface area (Å²) in [5, 5.41) is 1.54. The predicted octanol–water partition coefficient (Wildman–Crippen LogP) is 1.70. The molecule has 0 amide bonds. The van der Waals surface area contributed by atoms with Crippen molar-refractivity contribution in [3.8, 4) is 0 Å². The van der Waals surface area contributed by atoms with Gasteiger partial charge in [-0.25, -0.2) is 4.58 Å². The van der Waals surface area contributed by atoms with Crippen LogP contribution in [0.2, 0.25) is 0 Å². The summed E-state index contributed by atoms with van der Waals surface area (Å²) in [6, 6.07) is 0.768. The Labute approximate surface area is 135 Å². The highest BCUT2D eigenvalue weighted by Crippen LogP contribution is 2.18. The molecule has 0 fully saturated rings. The van der Waals surface area contributed by atoms with Crippen molar-refractivity contribution in [1.82, 2.24) is 0 Å². The van der Waals surface area contributed by atoms with E-state index >= 15 is 0 Å². The van der Waals surface area contributed by atoms with Gasteiger partial charge in [0.25, 0.3) is 0 Å². The summed E-state index contributed by atoms with van der Waals surface area (Å²) in [4.78, 5) is 0. The van der Waals surface area contributed by atoms with Crippen molar-refractivity contribution in [2.24, 2.45) is 0 Å². The van der Waals surface area contributed by atoms with E-state index in [0.717, 1.165) is 6.04 Å². The van der Waals surface area contributed by atoms with Gasteiger partial charge in [0.2, 0.25) is 5.04 Å². The van der Waals surface area contributed by atoms with Crippen molar-refractivity contribution in [2.45, 2.75) is 78.2 Å². The van der Waals surface area contributed by atoms with E-state index in [9.17, 15) is 0 Å². The van der Waals surface area contributed by atoms with Crippen molar-refractivity contribution in [1.29, 1.82) is 0 Å². The molecule has 1 aliphatic rings. The maximum atomic E-state index is 2.60. The fourth-order valence-electron chi connectivity index (χ4n) is 2.52. The van der Waals surface area contributed by atoms with Crippen LogP contribution in [0.1, 0.15) is 72.1 Å². The molecule has 3 heteroatoms. The van der Waals surface area contributed by atoms with E-state index in [1.807, 2.05) is 11.8 Å². The third-order valence-electron chi connectivity index (χ3n) is 3.72. The van der Waals surface area contributed by atoms with Gasteiger partial charge in [-0.1, -0.05) is 57.2 Å². The number of thioether (sulfide) groups is 1. The van der Waals surface area contributed by atoms with Gasteiger partial charge in [0, 0.05) is 13.3 Å². The molecule has 0 N–H and O–H groups in total. The summed E-state index contributed by atoms with van der Waals surface area (Å²) < 4.78 is 2.60. The Morgan fingerprint density at radius 3 is 2.11 bits per heavy atom. The zero-order chi connectivity index (χ0) is 12.5. The van der Waals surface area contributed by atoms with Gasteiger partial charge in [-0.3, -0.25) is 0 Å². The van der Waals surface area contributed by atoms with Gasteiger partial charge in [-0.15, -0.1) is 0 Å². The molecule has 108 valence electrons. The molecular weight excluding hydrogens is 353 g/mol. The minimum Gasteiger partial charge on any atom is -1.00 e. The number of rotatable bonds is 9. The van der Waals surface area contributed by atoms with Crippen LogP contribution in [-0.2, 0) is 0 Å². The topological polar surface area (TPSA) is 3.01 Å². The Kier molecular flexibility index (Phi) is 12.0. The van der Waals surface area contributed by atoms with Crippen LogP contribution in [0.25, 0.3) is 0 Å². The summed E-state index contributed by atoms with van der Waals surface area (Å²) in [7, 11) is 0. The Morgan fingerprint density at radius 2 is 1.61 bits per heavy atom. The van der Waals surface area contributed by atoms with Gasteiger partial charge in [-0.2, -0.15) is 0 Å². The van der Waals surface area contributed by atoms with Crippen LogP contribution in [0.4, 0.5) is 0 Å². The highest BCUT2D eigenvalue weighted by atomic mass is 127. The number of hydrogen-bond acceptors (Lipinski definition) is 1. The first kappa shape index (κ1) is 18.8. The van der Waals surface area contributed by atoms with Gasteiger partial charge in [0.1, 0.15) is 6.54 Å². The lowest BCUT2D eigenvalue weighted by molar-refractivity contribution is -0.552. The zero-order valence-electron chi connectivity index (χ0n) is 12.4. The molecule has 0 saturated heterocycles. The van der Waals surface area contributed by atoms with Crippen LogP contribution < -0.4 is 24.0 Å². The first-order valence-corrected chi connectivity index (χ1v) is 8.47. The van der Waals surface area contributed by atoms with Crippen LogP contribution >= 0.6 is 11.8 Å². The lowest BCUT2D eigenvalue weighted by Crippen LogP contribution is -3.00. The first-order valence-electron chi connectivity index (χ1n) is 7.48.